The third-order valence-corrected chi connectivity index (χ3v) is 6.95. The van der Waals surface area contributed by atoms with Crippen molar-refractivity contribution < 1.29 is 19.1 Å². The number of ether oxygens (including phenoxy) is 2. The van der Waals surface area contributed by atoms with Crippen LogP contribution in [-0.4, -0.2) is 60.7 Å². The number of nitrogens with zero attached hydrogens (tertiary/aromatic N) is 1. The van der Waals surface area contributed by atoms with Crippen LogP contribution in [0.5, 0.6) is 0 Å². The first-order chi connectivity index (χ1) is 15.6. The molecule has 7 heteroatoms. The monoisotopic (exact) mass is 487 g/mol. The summed E-state index contributed by atoms with van der Waals surface area (Å²) in [6.45, 7) is 12.0. The first kappa shape index (κ1) is 31.1. The maximum absolute atomic E-state index is 12.2. The Bertz CT molecular complexity index is 522. The molecule has 1 atom stereocenters. The highest BCUT2D eigenvalue weighted by Crippen LogP contribution is 2.22. The molecule has 0 aromatic rings. The Balaban J connectivity index is 4.11. The van der Waals surface area contributed by atoms with Crippen molar-refractivity contribution in [3.63, 3.8) is 0 Å². The van der Waals surface area contributed by atoms with Crippen LogP contribution in [0.4, 0.5) is 0 Å². The maximum atomic E-state index is 12.2. The lowest BCUT2D eigenvalue weighted by Crippen LogP contribution is -2.25. The lowest BCUT2D eigenvalue weighted by atomic mass is 10.1. The van der Waals surface area contributed by atoms with Crippen molar-refractivity contribution in [2.24, 2.45) is 0 Å². The van der Waals surface area contributed by atoms with E-state index in [0.717, 1.165) is 58.2 Å². The second-order valence-corrected chi connectivity index (χ2v) is 10.1. The third kappa shape index (κ3) is 19.7. The Labute approximate surface area is 204 Å². The van der Waals surface area contributed by atoms with E-state index >= 15 is 0 Å². The van der Waals surface area contributed by atoms with Crippen LogP contribution in [-0.2, 0) is 19.1 Å². The lowest BCUT2D eigenvalue weighted by molar-refractivity contribution is -0.144. The zero-order valence-electron chi connectivity index (χ0n) is 20.7. The van der Waals surface area contributed by atoms with Gasteiger partial charge in [0.25, 0.3) is 0 Å². The van der Waals surface area contributed by atoms with Crippen LogP contribution >= 0.6 is 21.6 Å². The van der Waals surface area contributed by atoms with Crippen LogP contribution in [0.15, 0.2) is 24.3 Å². The van der Waals surface area contributed by atoms with Crippen molar-refractivity contribution >= 4 is 33.5 Å². The van der Waals surface area contributed by atoms with E-state index in [0.29, 0.717) is 6.61 Å². The SMILES string of the molecule is CCC/C=C\C=C\C(CCCCCC)OC(=O)CSSCC(=O)OCCCN(CC)CC. The molecule has 0 N–H and O–H groups in total. The topological polar surface area (TPSA) is 55.8 Å². The molecule has 0 bridgehead atoms. The van der Waals surface area contributed by atoms with E-state index in [9.17, 15) is 9.59 Å². The molecule has 0 aromatic carbocycles. The van der Waals surface area contributed by atoms with Gasteiger partial charge in [0.15, 0.2) is 0 Å². The molecule has 0 aliphatic rings. The van der Waals surface area contributed by atoms with Gasteiger partial charge in [-0.25, -0.2) is 0 Å². The summed E-state index contributed by atoms with van der Waals surface area (Å²) in [4.78, 5) is 26.3. The average molecular weight is 488 g/mol. The van der Waals surface area contributed by atoms with Gasteiger partial charge in [0.05, 0.1) is 6.61 Å². The number of unbranched alkanes of at least 4 members (excludes halogenated alkanes) is 4. The number of carbonyl (C=O) groups is 2. The summed E-state index contributed by atoms with van der Waals surface area (Å²) in [5.74, 6) is 0.000200. The average Bonchev–Trinajstić information content (AvgIpc) is 2.79. The second-order valence-electron chi connectivity index (χ2n) is 7.60. The minimum atomic E-state index is -0.238. The molecule has 0 heterocycles. The van der Waals surface area contributed by atoms with E-state index < -0.39 is 0 Å². The molecular formula is C25H45NO4S2. The molecule has 0 saturated carbocycles. The van der Waals surface area contributed by atoms with Crippen LogP contribution in [0, 0.1) is 0 Å². The largest absolute Gasteiger partial charge is 0.465 e. The standard InChI is InChI=1S/C25H45NO4S2/c1-5-9-11-13-15-18-23(17-14-12-10-6-2)30-25(28)22-32-31-21-24(27)29-20-16-19-26(7-3)8-4/h11,13,15,18,23H,5-10,12,14,16-17,19-22H2,1-4H3/b13-11-,18-15+. The molecule has 0 spiro atoms. The van der Waals surface area contributed by atoms with Gasteiger partial charge in [-0.1, -0.05) is 93.2 Å². The third-order valence-electron chi connectivity index (χ3n) is 4.87. The van der Waals surface area contributed by atoms with Gasteiger partial charge in [0.2, 0.25) is 0 Å². The van der Waals surface area contributed by atoms with Crippen molar-refractivity contribution in [3.05, 3.63) is 24.3 Å². The molecule has 0 radical (unpaired) electrons. The normalized spacial score (nSPS) is 12.7. The summed E-state index contributed by atoms with van der Waals surface area (Å²) in [5, 5.41) is 0. The predicted molar refractivity (Wildman–Crippen MR) is 140 cm³/mol. The van der Waals surface area contributed by atoms with Crippen molar-refractivity contribution in [2.45, 2.75) is 85.2 Å². The summed E-state index contributed by atoms with van der Waals surface area (Å²) in [7, 11) is 2.69. The molecule has 0 saturated heterocycles. The van der Waals surface area contributed by atoms with E-state index in [1.807, 2.05) is 18.2 Å². The van der Waals surface area contributed by atoms with Gasteiger partial charge in [-0.05, 0) is 44.8 Å². The molecule has 0 rings (SSSR count). The molecule has 0 amide bonds. The van der Waals surface area contributed by atoms with Crippen LogP contribution in [0.25, 0.3) is 0 Å². The van der Waals surface area contributed by atoms with Gasteiger partial charge >= 0.3 is 11.9 Å². The zero-order valence-corrected chi connectivity index (χ0v) is 22.3. The van der Waals surface area contributed by atoms with E-state index in [1.54, 1.807) is 0 Å². The molecule has 186 valence electrons. The number of esters is 2. The fourth-order valence-corrected chi connectivity index (χ4v) is 4.52. The highest BCUT2D eigenvalue weighted by Gasteiger charge is 2.12. The van der Waals surface area contributed by atoms with E-state index in [-0.39, 0.29) is 29.5 Å². The Morgan fingerprint density at radius 3 is 2.25 bits per heavy atom. The lowest BCUT2D eigenvalue weighted by Gasteiger charge is -2.17. The number of allylic oxidation sites excluding steroid dienone is 3. The molecule has 32 heavy (non-hydrogen) atoms. The number of rotatable bonds is 21. The molecule has 5 nitrogen and oxygen atoms in total. The summed E-state index contributed by atoms with van der Waals surface area (Å²) in [6, 6.07) is 0. The quantitative estimate of drug-likeness (QED) is 0.0799. The van der Waals surface area contributed by atoms with Gasteiger partial charge in [0.1, 0.15) is 17.6 Å². The summed E-state index contributed by atoms with van der Waals surface area (Å²) in [5.41, 5.74) is 0. The van der Waals surface area contributed by atoms with Crippen molar-refractivity contribution in [2.75, 3.05) is 37.7 Å². The fourth-order valence-electron chi connectivity index (χ4n) is 2.93. The zero-order chi connectivity index (χ0) is 23.9. The minimum Gasteiger partial charge on any atom is -0.465 e. The van der Waals surface area contributed by atoms with Crippen molar-refractivity contribution in [1.82, 2.24) is 4.90 Å². The Morgan fingerprint density at radius 1 is 0.875 bits per heavy atom. The number of hydrogen-bond acceptors (Lipinski definition) is 7. The maximum Gasteiger partial charge on any atom is 0.317 e. The molecule has 0 aliphatic heterocycles. The number of carbonyl (C=O) groups excluding carboxylic acids is 2. The molecule has 1 unspecified atom stereocenters. The van der Waals surface area contributed by atoms with Gasteiger partial charge < -0.3 is 14.4 Å². The van der Waals surface area contributed by atoms with Crippen LogP contribution in [0.3, 0.4) is 0 Å². The Hall–Kier alpha value is -0.920. The van der Waals surface area contributed by atoms with Crippen molar-refractivity contribution in [3.8, 4) is 0 Å². The summed E-state index contributed by atoms with van der Waals surface area (Å²) < 4.78 is 10.9. The smallest absolute Gasteiger partial charge is 0.317 e. The minimum absolute atomic E-state index is 0.188. The van der Waals surface area contributed by atoms with Crippen LogP contribution < -0.4 is 0 Å². The molecule has 0 aliphatic carbocycles. The highest BCUT2D eigenvalue weighted by atomic mass is 33.1. The fraction of sp³-hybridized carbons (Fsp3) is 0.760. The van der Waals surface area contributed by atoms with E-state index in [4.69, 9.17) is 9.47 Å². The van der Waals surface area contributed by atoms with E-state index in [2.05, 4.69) is 38.7 Å². The molecule has 0 aromatic heterocycles. The first-order valence-electron chi connectivity index (χ1n) is 12.2. The van der Waals surface area contributed by atoms with Gasteiger partial charge in [0, 0.05) is 6.54 Å². The molecular weight excluding hydrogens is 442 g/mol. The van der Waals surface area contributed by atoms with Gasteiger partial charge in [-0.3, -0.25) is 9.59 Å². The second kappa shape index (κ2) is 23.2. The Kier molecular flexibility index (Phi) is 22.6. The van der Waals surface area contributed by atoms with Crippen molar-refractivity contribution in [1.29, 1.82) is 0 Å². The molecule has 0 fully saturated rings. The Morgan fingerprint density at radius 2 is 1.59 bits per heavy atom. The van der Waals surface area contributed by atoms with Crippen LogP contribution in [0.1, 0.15) is 79.1 Å². The van der Waals surface area contributed by atoms with Crippen LogP contribution in [0.2, 0.25) is 0 Å². The van der Waals surface area contributed by atoms with Gasteiger partial charge in [-0.2, -0.15) is 0 Å². The highest BCUT2D eigenvalue weighted by molar-refractivity contribution is 8.77. The first-order valence-corrected chi connectivity index (χ1v) is 14.7. The van der Waals surface area contributed by atoms with Gasteiger partial charge in [-0.15, -0.1) is 0 Å². The van der Waals surface area contributed by atoms with E-state index in [1.165, 1.54) is 34.4 Å². The summed E-state index contributed by atoms with van der Waals surface area (Å²) in [6.07, 6.45) is 16.4. The number of hydrogen-bond donors (Lipinski definition) is 0. The predicted octanol–water partition coefficient (Wildman–Crippen LogP) is 6.44. The summed E-state index contributed by atoms with van der Waals surface area (Å²) >= 11 is 0.